The molecule has 0 N–H and O–H groups in total. The Kier molecular flexibility index (Phi) is 4.95. The molecule has 0 aromatic heterocycles. The van der Waals surface area contributed by atoms with Crippen LogP contribution in [0.2, 0.25) is 0 Å². The summed E-state index contributed by atoms with van der Waals surface area (Å²) in [7, 11) is 6.07. The summed E-state index contributed by atoms with van der Waals surface area (Å²) in [6, 6.07) is 0. The average molecular weight is 242 g/mol. The van der Waals surface area contributed by atoms with Gasteiger partial charge in [0, 0.05) is 19.1 Å². The van der Waals surface area contributed by atoms with Gasteiger partial charge in [-0.15, -0.1) is 0 Å². The quantitative estimate of drug-likeness (QED) is 0.705. The van der Waals surface area contributed by atoms with Crippen molar-refractivity contribution in [2.75, 3.05) is 34.3 Å². The molecule has 0 atom stereocenters. The van der Waals surface area contributed by atoms with Crippen LogP contribution >= 0.6 is 0 Å². The van der Waals surface area contributed by atoms with Gasteiger partial charge in [0.05, 0.1) is 6.10 Å². The Hall–Kier alpha value is -0.610. The Bertz CT molecular complexity index is 260. The smallest absolute Gasteiger partial charge is 0.248 e. The Balaban J connectivity index is 2.42. The van der Waals surface area contributed by atoms with Crippen LogP contribution in [0.15, 0.2) is 0 Å². The van der Waals surface area contributed by atoms with E-state index in [0.29, 0.717) is 0 Å². The molecule has 1 rings (SSSR count). The van der Waals surface area contributed by atoms with Gasteiger partial charge in [0.2, 0.25) is 5.91 Å². The fraction of sp³-hybridized carbons (Fsp3) is 0.923. The van der Waals surface area contributed by atoms with Crippen LogP contribution in [0.25, 0.3) is 0 Å². The van der Waals surface area contributed by atoms with Gasteiger partial charge in [-0.3, -0.25) is 4.79 Å². The van der Waals surface area contributed by atoms with E-state index in [0.717, 1.165) is 6.54 Å². The maximum Gasteiger partial charge on any atom is 0.248 e. The van der Waals surface area contributed by atoms with E-state index in [1.807, 2.05) is 25.8 Å². The second-order valence-electron chi connectivity index (χ2n) is 5.58. The van der Waals surface area contributed by atoms with Crippen LogP contribution in [0.1, 0.15) is 33.1 Å². The molecule has 0 unspecified atom stereocenters. The fourth-order valence-electron chi connectivity index (χ4n) is 2.21. The van der Waals surface area contributed by atoms with Crippen molar-refractivity contribution in [2.45, 2.75) is 44.8 Å². The Morgan fingerprint density at radius 3 is 2.24 bits per heavy atom. The van der Waals surface area contributed by atoms with Crippen molar-refractivity contribution < 1.29 is 9.53 Å². The molecule has 0 radical (unpaired) electrons. The lowest BCUT2D eigenvalue weighted by Gasteiger charge is -2.49. The monoisotopic (exact) mass is 242 g/mol. The van der Waals surface area contributed by atoms with E-state index in [-0.39, 0.29) is 24.2 Å². The first-order chi connectivity index (χ1) is 7.87. The molecule has 1 saturated carbocycles. The first-order valence-corrected chi connectivity index (χ1v) is 6.40. The number of hydrogen-bond acceptors (Lipinski definition) is 3. The van der Waals surface area contributed by atoms with Gasteiger partial charge >= 0.3 is 0 Å². The number of nitrogens with zero attached hydrogens (tertiary/aromatic N) is 2. The summed E-state index contributed by atoms with van der Waals surface area (Å²) in [6.45, 7) is 4.89. The Morgan fingerprint density at radius 1 is 1.29 bits per heavy atom. The van der Waals surface area contributed by atoms with Crippen molar-refractivity contribution in [3.05, 3.63) is 0 Å². The molecule has 0 spiro atoms. The van der Waals surface area contributed by atoms with Crippen molar-refractivity contribution in [3.8, 4) is 0 Å². The van der Waals surface area contributed by atoms with Crippen molar-refractivity contribution >= 4 is 5.91 Å². The number of hydrogen-bond donors (Lipinski definition) is 0. The van der Waals surface area contributed by atoms with E-state index in [1.54, 1.807) is 0 Å². The molecule has 0 aliphatic heterocycles. The number of amides is 1. The molecular formula is C13H26N2O2. The van der Waals surface area contributed by atoms with Gasteiger partial charge < -0.3 is 14.5 Å². The SMILES string of the molecule is CC(C)OCC(=O)N(C)CC1(N(C)C)CCC1. The largest absolute Gasteiger partial charge is 0.369 e. The molecular weight excluding hydrogens is 216 g/mol. The molecule has 1 aliphatic carbocycles. The van der Waals surface area contributed by atoms with E-state index >= 15 is 0 Å². The van der Waals surface area contributed by atoms with Crippen molar-refractivity contribution in [1.29, 1.82) is 0 Å². The molecule has 17 heavy (non-hydrogen) atoms. The van der Waals surface area contributed by atoms with Gasteiger partial charge in [0.25, 0.3) is 0 Å². The van der Waals surface area contributed by atoms with Crippen LogP contribution in [0.3, 0.4) is 0 Å². The summed E-state index contributed by atoms with van der Waals surface area (Å²) in [5, 5.41) is 0. The van der Waals surface area contributed by atoms with E-state index in [4.69, 9.17) is 4.74 Å². The summed E-state index contributed by atoms with van der Waals surface area (Å²) >= 11 is 0. The van der Waals surface area contributed by atoms with Crippen LogP contribution in [0.5, 0.6) is 0 Å². The van der Waals surface area contributed by atoms with Crippen LogP contribution in [-0.2, 0) is 9.53 Å². The van der Waals surface area contributed by atoms with Gasteiger partial charge in [-0.25, -0.2) is 0 Å². The lowest BCUT2D eigenvalue weighted by molar-refractivity contribution is -0.139. The molecule has 0 heterocycles. The summed E-state index contributed by atoms with van der Waals surface area (Å²) < 4.78 is 5.35. The second kappa shape index (κ2) is 5.83. The van der Waals surface area contributed by atoms with Gasteiger partial charge in [0.15, 0.2) is 0 Å². The Labute approximate surface area is 105 Å². The number of likely N-dealkylation sites (N-methyl/N-ethyl adjacent to an activating group) is 2. The highest BCUT2D eigenvalue weighted by Gasteiger charge is 2.40. The van der Waals surface area contributed by atoms with E-state index in [9.17, 15) is 4.79 Å². The fourth-order valence-corrected chi connectivity index (χ4v) is 2.21. The molecule has 1 aliphatic rings. The predicted octanol–water partition coefficient (Wildman–Crippen LogP) is 1.35. The molecule has 4 nitrogen and oxygen atoms in total. The van der Waals surface area contributed by atoms with Gasteiger partial charge in [-0.2, -0.15) is 0 Å². The third-order valence-corrected chi connectivity index (χ3v) is 3.73. The van der Waals surface area contributed by atoms with Crippen molar-refractivity contribution in [1.82, 2.24) is 9.80 Å². The van der Waals surface area contributed by atoms with E-state index < -0.39 is 0 Å². The van der Waals surface area contributed by atoms with E-state index in [1.165, 1.54) is 19.3 Å². The lowest BCUT2D eigenvalue weighted by Crippen LogP contribution is -2.57. The highest BCUT2D eigenvalue weighted by molar-refractivity contribution is 5.77. The summed E-state index contributed by atoms with van der Waals surface area (Å²) in [5.41, 5.74) is 0.197. The first-order valence-electron chi connectivity index (χ1n) is 6.40. The minimum atomic E-state index is 0.0758. The number of carbonyl (C=O) groups is 1. The van der Waals surface area contributed by atoms with E-state index in [2.05, 4.69) is 19.0 Å². The van der Waals surface area contributed by atoms with Crippen LogP contribution in [0.4, 0.5) is 0 Å². The molecule has 1 fully saturated rings. The van der Waals surface area contributed by atoms with Gasteiger partial charge in [0.1, 0.15) is 6.61 Å². The zero-order valence-corrected chi connectivity index (χ0v) is 11.8. The molecule has 1 amide bonds. The molecule has 100 valence electrons. The topological polar surface area (TPSA) is 32.8 Å². The van der Waals surface area contributed by atoms with Gasteiger partial charge in [-0.05, 0) is 47.2 Å². The number of rotatable bonds is 6. The van der Waals surface area contributed by atoms with Crippen molar-refractivity contribution in [2.24, 2.45) is 0 Å². The van der Waals surface area contributed by atoms with Crippen LogP contribution in [0, 0.1) is 0 Å². The maximum atomic E-state index is 11.9. The third-order valence-electron chi connectivity index (χ3n) is 3.73. The molecule has 0 aromatic rings. The number of carbonyl (C=O) groups excluding carboxylic acids is 1. The first kappa shape index (κ1) is 14.5. The molecule has 0 saturated heterocycles. The minimum Gasteiger partial charge on any atom is -0.369 e. The maximum absolute atomic E-state index is 11.9. The minimum absolute atomic E-state index is 0.0758. The van der Waals surface area contributed by atoms with Crippen LogP contribution < -0.4 is 0 Å². The standard InChI is InChI=1S/C13H26N2O2/c1-11(2)17-9-12(16)15(5)10-13(14(3)4)7-6-8-13/h11H,6-10H2,1-5H3. The van der Waals surface area contributed by atoms with Gasteiger partial charge in [-0.1, -0.05) is 0 Å². The second-order valence-corrected chi connectivity index (χ2v) is 5.58. The summed E-state index contributed by atoms with van der Waals surface area (Å²) in [5.74, 6) is 0.0758. The lowest BCUT2D eigenvalue weighted by atomic mass is 9.75. The molecule has 0 aromatic carbocycles. The summed E-state index contributed by atoms with van der Waals surface area (Å²) in [6.07, 6.45) is 3.74. The molecule has 0 bridgehead atoms. The highest BCUT2D eigenvalue weighted by Crippen LogP contribution is 2.36. The third kappa shape index (κ3) is 3.68. The average Bonchev–Trinajstić information content (AvgIpc) is 2.18. The van der Waals surface area contributed by atoms with Crippen molar-refractivity contribution in [3.63, 3.8) is 0 Å². The number of ether oxygens (including phenoxy) is 1. The zero-order chi connectivity index (χ0) is 13.1. The Morgan fingerprint density at radius 2 is 1.88 bits per heavy atom. The zero-order valence-electron chi connectivity index (χ0n) is 11.8. The molecule has 4 heteroatoms. The summed E-state index contributed by atoms with van der Waals surface area (Å²) in [4.78, 5) is 15.9. The predicted molar refractivity (Wildman–Crippen MR) is 69.0 cm³/mol. The highest BCUT2D eigenvalue weighted by atomic mass is 16.5. The van der Waals surface area contributed by atoms with Crippen LogP contribution in [-0.4, -0.2) is 61.6 Å². The normalized spacial score (nSPS) is 18.3.